The number of anilines is 1. The highest BCUT2D eigenvalue weighted by molar-refractivity contribution is 5.95. The molecule has 1 heterocycles. The Morgan fingerprint density at radius 2 is 2.29 bits per heavy atom. The molecule has 0 bridgehead atoms. The van der Waals surface area contributed by atoms with Crippen molar-refractivity contribution in [3.05, 3.63) is 29.3 Å². The SMILES string of the molecule is CCOC(=O)c1ccc2c(c1)CC(=O)C(C)N2. The van der Waals surface area contributed by atoms with E-state index in [0.29, 0.717) is 18.6 Å². The summed E-state index contributed by atoms with van der Waals surface area (Å²) in [5, 5.41) is 3.11. The summed E-state index contributed by atoms with van der Waals surface area (Å²) in [5.41, 5.74) is 2.28. The summed E-state index contributed by atoms with van der Waals surface area (Å²) in [4.78, 5) is 23.1. The highest BCUT2D eigenvalue weighted by Gasteiger charge is 2.22. The zero-order chi connectivity index (χ0) is 12.4. The fourth-order valence-electron chi connectivity index (χ4n) is 1.88. The van der Waals surface area contributed by atoms with E-state index in [-0.39, 0.29) is 17.8 Å². The Bertz CT molecular complexity index is 468. The molecule has 1 N–H and O–H groups in total. The van der Waals surface area contributed by atoms with Gasteiger partial charge in [0, 0.05) is 12.1 Å². The summed E-state index contributed by atoms with van der Waals surface area (Å²) in [6.45, 7) is 3.96. The Labute approximate surface area is 100.0 Å². The van der Waals surface area contributed by atoms with Gasteiger partial charge in [-0.2, -0.15) is 0 Å². The number of carbonyl (C=O) groups excluding carboxylic acids is 2. The van der Waals surface area contributed by atoms with E-state index >= 15 is 0 Å². The maximum absolute atomic E-state index is 11.6. The van der Waals surface area contributed by atoms with Gasteiger partial charge >= 0.3 is 5.97 Å². The number of hydrogen-bond acceptors (Lipinski definition) is 4. The second-order valence-corrected chi connectivity index (χ2v) is 4.10. The number of nitrogens with one attached hydrogen (secondary N) is 1. The van der Waals surface area contributed by atoms with E-state index in [1.165, 1.54) is 0 Å². The molecule has 0 saturated heterocycles. The van der Waals surface area contributed by atoms with Gasteiger partial charge in [-0.1, -0.05) is 0 Å². The van der Waals surface area contributed by atoms with Gasteiger partial charge in [-0.25, -0.2) is 4.79 Å². The van der Waals surface area contributed by atoms with Crippen LogP contribution in [0.1, 0.15) is 29.8 Å². The fourth-order valence-corrected chi connectivity index (χ4v) is 1.88. The maximum Gasteiger partial charge on any atom is 0.338 e. The van der Waals surface area contributed by atoms with E-state index < -0.39 is 0 Å². The molecule has 0 radical (unpaired) electrons. The van der Waals surface area contributed by atoms with Crippen LogP contribution in [-0.4, -0.2) is 24.4 Å². The second-order valence-electron chi connectivity index (χ2n) is 4.10. The molecular formula is C13H15NO3. The molecule has 0 spiro atoms. The number of ketones is 1. The van der Waals surface area contributed by atoms with Crippen LogP contribution in [0.2, 0.25) is 0 Å². The van der Waals surface area contributed by atoms with E-state index in [2.05, 4.69) is 5.32 Å². The van der Waals surface area contributed by atoms with E-state index in [1.807, 2.05) is 13.0 Å². The van der Waals surface area contributed by atoms with E-state index in [9.17, 15) is 9.59 Å². The average Bonchev–Trinajstić information content (AvgIpc) is 2.30. The van der Waals surface area contributed by atoms with Crippen LogP contribution >= 0.6 is 0 Å². The normalized spacial score (nSPS) is 18.2. The Kier molecular flexibility index (Phi) is 3.13. The first kappa shape index (κ1) is 11.6. The van der Waals surface area contributed by atoms with E-state index in [0.717, 1.165) is 11.3 Å². The van der Waals surface area contributed by atoms with Crippen molar-refractivity contribution in [3.63, 3.8) is 0 Å². The van der Waals surface area contributed by atoms with Crippen LogP contribution in [0, 0.1) is 0 Å². The molecule has 2 rings (SSSR count). The van der Waals surface area contributed by atoms with Gasteiger partial charge in [0.1, 0.15) is 0 Å². The molecule has 4 nitrogen and oxygen atoms in total. The number of ether oxygens (including phenoxy) is 1. The zero-order valence-corrected chi connectivity index (χ0v) is 9.95. The van der Waals surface area contributed by atoms with Gasteiger partial charge in [0.25, 0.3) is 0 Å². The Balaban J connectivity index is 2.28. The van der Waals surface area contributed by atoms with Gasteiger partial charge < -0.3 is 10.1 Å². The fraction of sp³-hybridized carbons (Fsp3) is 0.385. The Hall–Kier alpha value is -1.84. The molecule has 90 valence electrons. The number of fused-ring (bicyclic) bond motifs is 1. The summed E-state index contributed by atoms with van der Waals surface area (Å²) in [5.74, 6) is -0.208. The number of carbonyl (C=O) groups is 2. The first-order valence-electron chi connectivity index (χ1n) is 5.71. The summed E-state index contributed by atoms with van der Waals surface area (Å²) in [6, 6.07) is 5.11. The van der Waals surface area contributed by atoms with Gasteiger partial charge in [0.05, 0.1) is 18.2 Å². The van der Waals surface area contributed by atoms with Crippen molar-refractivity contribution in [1.29, 1.82) is 0 Å². The first-order valence-corrected chi connectivity index (χ1v) is 5.71. The first-order chi connectivity index (χ1) is 8.11. The summed E-state index contributed by atoms with van der Waals surface area (Å²) in [7, 11) is 0. The lowest BCUT2D eigenvalue weighted by molar-refractivity contribution is -0.119. The van der Waals surface area contributed by atoms with Crippen LogP contribution in [0.25, 0.3) is 0 Å². The lowest BCUT2D eigenvalue weighted by Crippen LogP contribution is -2.32. The third kappa shape index (κ3) is 2.30. The highest BCUT2D eigenvalue weighted by atomic mass is 16.5. The summed E-state index contributed by atoms with van der Waals surface area (Å²) >= 11 is 0. The number of benzene rings is 1. The molecule has 0 fully saturated rings. The Morgan fingerprint density at radius 3 is 3.00 bits per heavy atom. The molecule has 0 saturated carbocycles. The molecule has 17 heavy (non-hydrogen) atoms. The van der Waals surface area contributed by atoms with Crippen LogP contribution < -0.4 is 5.32 Å². The molecule has 1 aliphatic rings. The van der Waals surface area contributed by atoms with Crippen molar-refractivity contribution in [3.8, 4) is 0 Å². The number of Topliss-reactive ketones (excluding diaryl/α,β-unsaturated/α-hetero) is 1. The van der Waals surface area contributed by atoms with Crippen molar-refractivity contribution >= 4 is 17.4 Å². The minimum absolute atomic E-state index is 0.138. The van der Waals surface area contributed by atoms with Gasteiger partial charge in [0.2, 0.25) is 0 Å². The molecule has 4 heteroatoms. The predicted molar refractivity (Wildman–Crippen MR) is 64.2 cm³/mol. The highest BCUT2D eigenvalue weighted by Crippen LogP contribution is 2.24. The lowest BCUT2D eigenvalue weighted by Gasteiger charge is -2.23. The smallest absolute Gasteiger partial charge is 0.338 e. The van der Waals surface area contributed by atoms with Crippen LogP contribution in [0.4, 0.5) is 5.69 Å². The zero-order valence-electron chi connectivity index (χ0n) is 9.95. The number of rotatable bonds is 2. The lowest BCUT2D eigenvalue weighted by atomic mass is 9.96. The monoisotopic (exact) mass is 233 g/mol. The molecule has 1 aliphatic heterocycles. The Morgan fingerprint density at radius 1 is 1.53 bits per heavy atom. The largest absolute Gasteiger partial charge is 0.462 e. The van der Waals surface area contributed by atoms with Crippen molar-refractivity contribution in [2.24, 2.45) is 0 Å². The summed E-state index contributed by atoms with van der Waals surface area (Å²) in [6.07, 6.45) is 0.372. The molecule has 1 unspecified atom stereocenters. The van der Waals surface area contributed by atoms with Crippen LogP contribution in [0.15, 0.2) is 18.2 Å². The topological polar surface area (TPSA) is 55.4 Å². The minimum atomic E-state index is -0.346. The van der Waals surface area contributed by atoms with Crippen molar-refractivity contribution < 1.29 is 14.3 Å². The summed E-state index contributed by atoms with van der Waals surface area (Å²) < 4.78 is 4.92. The van der Waals surface area contributed by atoms with Gasteiger partial charge in [-0.15, -0.1) is 0 Å². The van der Waals surface area contributed by atoms with E-state index in [1.54, 1.807) is 19.1 Å². The number of esters is 1. The predicted octanol–water partition coefficient (Wildman–Crippen LogP) is 1.79. The van der Waals surface area contributed by atoms with Crippen molar-refractivity contribution in [2.45, 2.75) is 26.3 Å². The van der Waals surface area contributed by atoms with Crippen LogP contribution in [-0.2, 0) is 16.0 Å². The standard InChI is InChI=1S/C13H15NO3/c1-3-17-13(16)9-4-5-11-10(6-9)7-12(15)8(2)14-11/h4-6,8,14H,3,7H2,1-2H3. The molecule has 1 atom stereocenters. The molecule has 0 amide bonds. The minimum Gasteiger partial charge on any atom is -0.462 e. The van der Waals surface area contributed by atoms with E-state index in [4.69, 9.17) is 4.74 Å². The van der Waals surface area contributed by atoms with Gasteiger partial charge in [-0.05, 0) is 37.6 Å². The maximum atomic E-state index is 11.6. The second kappa shape index (κ2) is 4.57. The van der Waals surface area contributed by atoms with Crippen LogP contribution in [0.5, 0.6) is 0 Å². The molecule has 1 aromatic carbocycles. The third-order valence-corrected chi connectivity index (χ3v) is 2.84. The molecule has 0 aromatic heterocycles. The molecule has 1 aromatic rings. The molecule has 0 aliphatic carbocycles. The number of hydrogen-bond donors (Lipinski definition) is 1. The van der Waals surface area contributed by atoms with Gasteiger partial charge in [0.15, 0.2) is 5.78 Å². The quantitative estimate of drug-likeness (QED) is 0.791. The van der Waals surface area contributed by atoms with Crippen molar-refractivity contribution in [1.82, 2.24) is 0 Å². The molecular weight excluding hydrogens is 218 g/mol. The third-order valence-electron chi connectivity index (χ3n) is 2.84. The van der Waals surface area contributed by atoms with Gasteiger partial charge in [-0.3, -0.25) is 4.79 Å². The van der Waals surface area contributed by atoms with Crippen LogP contribution in [0.3, 0.4) is 0 Å². The van der Waals surface area contributed by atoms with Crippen molar-refractivity contribution in [2.75, 3.05) is 11.9 Å². The average molecular weight is 233 g/mol.